The van der Waals surface area contributed by atoms with Crippen molar-refractivity contribution in [3.05, 3.63) is 84.2 Å². The normalized spacial score (nSPS) is 14.0. The largest absolute Gasteiger partial charge is 0.487 e. The molecule has 1 aromatic heterocycles. The number of anilines is 2. The van der Waals surface area contributed by atoms with Gasteiger partial charge in [-0.2, -0.15) is 0 Å². The number of benzene rings is 2. The number of pyridine rings is 1. The number of hydrogen-bond donors (Lipinski definition) is 2. The monoisotopic (exact) mass is 429 g/mol. The first-order valence-corrected chi connectivity index (χ1v) is 11.5. The summed E-state index contributed by atoms with van der Waals surface area (Å²) in [5.74, 6) is 1.54. The second-order valence-electron chi connectivity index (χ2n) is 8.39. The number of aromatic nitrogens is 1. The molecule has 166 valence electrons. The fourth-order valence-corrected chi connectivity index (χ4v) is 4.15. The average Bonchev–Trinajstić information content (AvgIpc) is 2.85. The molecule has 32 heavy (non-hydrogen) atoms. The molecular formula is C27H31N3O2. The van der Waals surface area contributed by atoms with E-state index in [2.05, 4.69) is 15.6 Å². The molecule has 0 bridgehead atoms. The van der Waals surface area contributed by atoms with E-state index in [0.29, 0.717) is 12.2 Å². The highest BCUT2D eigenvalue weighted by molar-refractivity contribution is 5.95. The minimum absolute atomic E-state index is 0.0114. The summed E-state index contributed by atoms with van der Waals surface area (Å²) in [6.45, 7) is 1.19. The molecule has 4 rings (SSSR count). The average molecular weight is 430 g/mol. The van der Waals surface area contributed by atoms with Gasteiger partial charge in [-0.05, 0) is 66.9 Å². The Labute approximate surface area is 190 Å². The Hall–Kier alpha value is -3.34. The van der Waals surface area contributed by atoms with Crippen LogP contribution in [0, 0.1) is 5.92 Å². The van der Waals surface area contributed by atoms with Gasteiger partial charge in [0.2, 0.25) is 0 Å². The van der Waals surface area contributed by atoms with Gasteiger partial charge in [0, 0.05) is 29.7 Å². The van der Waals surface area contributed by atoms with Gasteiger partial charge in [0.1, 0.15) is 12.4 Å². The number of nitrogens with zero attached hydrogens (tertiary/aromatic N) is 1. The summed E-state index contributed by atoms with van der Waals surface area (Å²) < 4.78 is 5.79. The zero-order valence-corrected chi connectivity index (χ0v) is 18.4. The van der Waals surface area contributed by atoms with Crippen molar-refractivity contribution in [2.24, 2.45) is 5.92 Å². The van der Waals surface area contributed by atoms with Crippen molar-refractivity contribution in [1.29, 1.82) is 0 Å². The van der Waals surface area contributed by atoms with E-state index in [4.69, 9.17) is 4.74 Å². The Bertz CT molecular complexity index is 983. The fraction of sp³-hybridized carbons (Fsp3) is 0.333. The molecule has 1 amide bonds. The highest BCUT2D eigenvalue weighted by atomic mass is 16.5. The van der Waals surface area contributed by atoms with E-state index in [9.17, 15) is 4.79 Å². The molecule has 0 radical (unpaired) electrons. The van der Waals surface area contributed by atoms with Crippen molar-refractivity contribution >= 4 is 17.3 Å². The Balaban J connectivity index is 1.26. The second-order valence-corrected chi connectivity index (χ2v) is 8.39. The van der Waals surface area contributed by atoms with Gasteiger partial charge >= 0.3 is 0 Å². The molecule has 0 saturated heterocycles. The SMILES string of the molecule is O=C(NCCC1CCCCC1)c1cccc(Nc2ccc(OCc3ccccn3)cc2)c1. The maximum Gasteiger partial charge on any atom is 0.251 e. The van der Waals surface area contributed by atoms with Crippen LogP contribution in [-0.2, 0) is 6.61 Å². The third-order valence-electron chi connectivity index (χ3n) is 5.94. The van der Waals surface area contributed by atoms with Crippen molar-refractivity contribution < 1.29 is 9.53 Å². The molecule has 3 aromatic rings. The predicted molar refractivity (Wildman–Crippen MR) is 128 cm³/mol. The summed E-state index contributed by atoms with van der Waals surface area (Å²) >= 11 is 0. The van der Waals surface area contributed by atoms with Crippen molar-refractivity contribution in [2.45, 2.75) is 45.1 Å². The highest BCUT2D eigenvalue weighted by Crippen LogP contribution is 2.26. The standard InChI is InChI=1S/C27H31N3O2/c31-27(29-18-16-21-7-2-1-3-8-21)22-9-6-11-24(19-22)30-23-12-14-26(15-13-23)32-20-25-10-4-5-17-28-25/h4-6,9-15,17,19,21,30H,1-3,7-8,16,18,20H2,(H,29,31). The van der Waals surface area contributed by atoms with E-state index in [1.165, 1.54) is 32.1 Å². The Morgan fingerprint density at radius 1 is 0.938 bits per heavy atom. The molecule has 1 fully saturated rings. The minimum Gasteiger partial charge on any atom is -0.487 e. The number of nitrogens with one attached hydrogen (secondary N) is 2. The molecule has 2 N–H and O–H groups in total. The molecule has 2 aromatic carbocycles. The first-order chi connectivity index (χ1) is 15.8. The lowest BCUT2D eigenvalue weighted by Gasteiger charge is -2.21. The third kappa shape index (κ3) is 6.58. The van der Waals surface area contributed by atoms with Crippen molar-refractivity contribution in [1.82, 2.24) is 10.3 Å². The van der Waals surface area contributed by atoms with E-state index in [-0.39, 0.29) is 5.91 Å². The molecule has 0 spiro atoms. The zero-order valence-electron chi connectivity index (χ0n) is 18.4. The van der Waals surface area contributed by atoms with Crippen LogP contribution in [0.3, 0.4) is 0 Å². The fourth-order valence-electron chi connectivity index (χ4n) is 4.15. The van der Waals surface area contributed by atoms with Gasteiger partial charge in [-0.15, -0.1) is 0 Å². The molecule has 1 saturated carbocycles. The van der Waals surface area contributed by atoms with Gasteiger partial charge in [0.25, 0.3) is 5.91 Å². The summed E-state index contributed by atoms with van der Waals surface area (Å²) in [6.07, 6.45) is 9.50. The molecule has 1 aliphatic rings. The van der Waals surface area contributed by atoms with E-state index >= 15 is 0 Å². The van der Waals surface area contributed by atoms with Crippen LogP contribution in [0.15, 0.2) is 72.9 Å². The number of carbonyl (C=O) groups is 1. The molecule has 5 nitrogen and oxygen atoms in total. The van der Waals surface area contributed by atoms with E-state index in [1.807, 2.05) is 66.7 Å². The number of rotatable bonds is 9. The minimum atomic E-state index is -0.0114. The molecule has 0 unspecified atom stereocenters. The number of ether oxygens (including phenoxy) is 1. The summed E-state index contributed by atoms with van der Waals surface area (Å²) in [5, 5.41) is 6.44. The van der Waals surface area contributed by atoms with Crippen LogP contribution in [0.1, 0.15) is 54.6 Å². The highest BCUT2D eigenvalue weighted by Gasteiger charge is 2.14. The molecule has 0 atom stereocenters. The lowest BCUT2D eigenvalue weighted by Crippen LogP contribution is -2.26. The van der Waals surface area contributed by atoms with Crippen LogP contribution in [0.4, 0.5) is 11.4 Å². The Morgan fingerprint density at radius 2 is 1.78 bits per heavy atom. The van der Waals surface area contributed by atoms with E-state index in [0.717, 1.165) is 41.7 Å². The third-order valence-corrected chi connectivity index (χ3v) is 5.94. The van der Waals surface area contributed by atoms with E-state index in [1.54, 1.807) is 6.20 Å². The first kappa shape index (κ1) is 21.9. The summed E-state index contributed by atoms with van der Waals surface area (Å²) in [6, 6.07) is 21.2. The van der Waals surface area contributed by atoms with E-state index < -0.39 is 0 Å². The smallest absolute Gasteiger partial charge is 0.251 e. The van der Waals surface area contributed by atoms with Gasteiger partial charge in [-0.25, -0.2) is 0 Å². The Morgan fingerprint density at radius 3 is 2.56 bits per heavy atom. The van der Waals surface area contributed by atoms with Gasteiger partial charge in [-0.3, -0.25) is 9.78 Å². The van der Waals surface area contributed by atoms with Crippen LogP contribution in [-0.4, -0.2) is 17.4 Å². The lowest BCUT2D eigenvalue weighted by atomic mass is 9.87. The molecule has 5 heteroatoms. The van der Waals surface area contributed by atoms with Crippen molar-refractivity contribution in [3.63, 3.8) is 0 Å². The predicted octanol–water partition coefficient (Wildman–Crippen LogP) is 6.10. The number of carbonyl (C=O) groups excluding carboxylic acids is 1. The van der Waals surface area contributed by atoms with Crippen molar-refractivity contribution in [2.75, 3.05) is 11.9 Å². The van der Waals surface area contributed by atoms with Gasteiger partial charge < -0.3 is 15.4 Å². The summed E-state index contributed by atoms with van der Waals surface area (Å²) in [5.41, 5.74) is 3.38. The topological polar surface area (TPSA) is 63.2 Å². The summed E-state index contributed by atoms with van der Waals surface area (Å²) in [4.78, 5) is 16.8. The van der Waals surface area contributed by atoms with Crippen LogP contribution >= 0.6 is 0 Å². The summed E-state index contributed by atoms with van der Waals surface area (Å²) in [7, 11) is 0. The van der Waals surface area contributed by atoms with Gasteiger partial charge in [0.15, 0.2) is 0 Å². The molecular weight excluding hydrogens is 398 g/mol. The van der Waals surface area contributed by atoms with Gasteiger partial charge in [-0.1, -0.05) is 44.2 Å². The number of amides is 1. The zero-order chi connectivity index (χ0) is 22.0. The quantitative estimate of drug-likeness (QED) is 0.431. The second kappa shape index (κ2) is 11.3. The lowest BCUT2D eigenvalue weighted by molar-refractivity contribution is 0.0950. The van der Waals surface area contributed by atoms with Crippen LogP contribution in [0.2, 0.25) is 0 Å². The maximum absolute atomic E-state index is 12.6. The molecule has 0 aliphatic heterocycles. The first-order valence-electron chi connectivity index (χ1n) is 11.5. The van der Waals surface area contributed by atoms with Crippen LogP contribution in [0.5, 0.6) is 5.75 Å². The maximum atomic E-state index is 12.6. The van der Waals surface area contributed by atoms with Crippen LogP contribution in [0.25, 0.3) is 0 Å². The van der Waals surface area contributed by atoms with Crippen molar-refractivity contribution in [3.8, 4) is 5.75 Å². The van der Waals surface area contributed by atoms with Crippen LogP contribution < -0.4 is 15.4 Å². The number of hydrogen-bond acceptors (Lipinski definition) is 4. The molecule has 1 aliphatic carbocycles. The molecule has 1 heterocycles. The van der Waals surface area contributed by atoms with Gasteiger partial charge in [0.05, 0.1) is 5.69 Å². The Kier molecular flexibility index (Phi) is 7.74.